The Bertz CT molecular complexity index is 577. The maximum absolute atomic E-state index is 13.5. The molecule has 0 amide bonds. The van der Waals surface area contributed by atoms with Crippen molar-refractivity contribution in [2.45, 2.75) is 37.0 Å². The van der Waals surface area contributed by atoms with E-state index in [9.17, 15) is 12.8 Å². The highest BCUT2D eigenvalue weighted by molar-refractivity contribution is 9.10. The summed E-state index contributed by atoms with van der Waals surface area (Å²) in [4.78, 5) is 0. The molecule has 20 heavy (non-hydrogen) atoms. The van der Waals surface area contributed by atoms with Gasteiger partial charge in [0.2, 0.25) is 0 Å². The first-order valence-corrected chi connectivity index (χ1v) is 9.28. The molecule has 1 aliphatic rings. The molecule has 1 fully saturated rings. The van der Waals surface area contributed by atoms with Crippen LogP contribution in [0.1, 0.15) is 24.8 Å². The summed E-state index contributed by atoms with van der Waals surface area (Å²) >= 11 is 3.24. The number of hydrogen-bond donors (Lipinski definition) is 1. The fraction of sp³-hybridized carbons (Fsp3) is 0.571. The van der Waals surface area contributed by atoms with Gasteiger partial charge in [-0.3, -0.25) is 0 Å². The van der Waals surface area contributed by atoms with Crippen molar-refractivity contribution < 1.29 is 12.8 Å². The normalized spacial score (nSPS) is 23.4. The number of hydrogen-bond acceptors (Lipinski definition) is 3. The zero-order valence-electron chi connectivity index (χ0n) is 11.4. The third-order valence-electron chi connectivity index (χ3n) is 3.92. The van der Waals surface area contributed by atoms with E-state index in [-0.39, 0.29) is 22.9 Å². The fourth-order valence-electron chi connectivity index (χ4n) is 2.79. The third kappa shape index (κ3) is 3.40. The van der Waals surface area contributed by atoms with Crippen LogP contribution in [0.25, 0.3) is 0 Å². The highest BCUT2D eigenvalue weighted by Crippen LogP contribution is 2.27. The zero-order chi connectivity index (χ0) is 14.8. The predicted molar refractivity (Wildman–Crippen MR) is 82.1 cm³/mol. The summed E-state index contributed by atoms with van der Waals surface area (Å²) in [5.74, 6) is -0.0518. The Kier molecular flexibility index (Phi) is 5.20. The average molecular weight is 364 g/mol. The van der Waals surface area contributed by atoms with Crippen LogP contribution in [0.4, 0.5) is 4.39 Å². The summed E-state index contributed by atoms with van der Waals surface area (Å²) in [7, 11) is -1.28. The zero-order valence-corrected chi connectivity index (χ0v) is 13.8. The van der Waals surface area contributed by atoms with E-state index in [2.05, 4.69) is 21.2 Å². The van der Waals surface area contributed by atoms with Crippen LogP contribution >= 0.6 is 15.9 Å². The van der Waals surface area contributed by atoms with Gasteiger partial charge in [-0.15, -0.1) is 0 Å². The van der Waals surface area contributed by atoms with E-state index >= 15 is 0 Å². The second-order valence-corrected chi connectivity index (χ2v) is 8.35. The summed E-state index contributed by atoms with van der Waals surface area (Å²) in [6.07, 6.45) is 2.87. The minimum absolute atomic E-state index is 0.182. The number of benzene rings is 1. The van der Waals surface area contributed by atoms with Crippen LogP contribution in [0, 0.1) is 5.82 Å². The molecule has 2 unspecified atom stereocenters. The summed E-state index contributed by atoms with van der Waals surface area (Å²) in [5, 5.41) is 2.72. The van der Waals surface area contributed by atoms with Crippen molar-refractivity contribution in [3.63, 3.8) is 0 Å². The molecule has 1 aromatic carbocycles. The van der Waals surface area contributed by atoms with Crippen LogP contribution in [-0.2, 0) is 16.3 Å². The lowest BCUT2D eigenvalue weighted by atomic mass is 9.99. The maximum atomic E-state index is 13.5. The first-order valence-electron chi connectivity index (χ1n) is 6.77. The Balaban J connectivity index is 2.22. The predicted octanol–water partition coefficient (Wildman–Crippen LogP) is 2.69. The highest BCUT2D eigenvalue weighted by Gasteiger charge is 2.35. The Labute approximate surface area is 128 Å². The Morgan fingerprint density at radius 2 is 2.20 bits per heavy atom. The van der Waals surface area contributed by atoms with Crippen molar-refractivity contribution >= 4 is 25.8 Å². The molecular formula is C14H19BrFNO2S. The van der Waals surface area contributed by atoms with Crippen molar-refractivity contribution in [1.29, 1.82) is 0 Å². The van der Waals surface area contributed by atoms with Gasteiger partial charge in [-0.2, -0.15) is 0 Å². The lowest BCUT2D eigenvalue weighted by Crippen LogP contribution is -2.46. The van der Waals surface area contributed by atoms with Crippen LogP contribution in [0.5, 0.6) is 0 Å². The van der Waals surface area contributed by atoms with Gasteiger partial charge in [0.15, 0.2) is 9.84 Å². The molecule has 1 saturated heterocycles. The van der Waals surface area contributed by atoms with E-state index in [1.54, 1.807) is 13.1 Å². The van der Waals surface area contributed by atoms with Gasteiger partial charge in [0, 0.05) is 6.04 Å². The van der Waals surface area contributed by atoms with Crippen LogP contribution < -0.4 is 5.32 Å². The largest absolute Gasteiger partial charge is 0.315 e. The third-order valence-corrected chi connectivity index (χ3v) is 7.15. The quantitative estimate of drug-likeness (QED) is 0.894. The van der Waals surface area contributed by atoms with E-state index < -0.39 is 9.84 Å². The van der Waals surface area contributed by atoms with E-state index in [0.29, 0.717) is 17.3 Å². The molecule has 0 aliphatic carbocycles. The number of likely N-dealkylation sites (N-methyl/N-ethyl adjacent to an activating group) is 1. The molecule has 0 bridgehead atoms. The van der Waals surface area contributed by atoms with Gasteiger partial charge in [-0.05, 0) is 53.9 Å². The Morgan fingerprint density at radius 3 is 2.85 bits per heavy atom. The van der Waals surface area contributed by atoms with Gasteiger partial charge in [0.05, 0.1) is 15.5 Å². The van der Waals surface area contributed by atoms with E-state index in [0.717, 1.165) is 18.4 Å². The monoisotopic (exact) mass is 363 g/mol. The number of halogens is 2. The molecule has 1 aliphatic heterocycles. The van der Waals surface area contributed by atoms with E-state index in [1.807, 2.05) is 6.07 Å². The van der Waals surface area contributed by atoms with Crippen molar-refractivity contribution in [2.75, 3.05) is 12.8 Å². The summed E-state index contributed by atoms with van der Waals surface area (Å²) in [5.41, 5.74) is 0.796. The minimum Gasteiger partial charge on any atom is -0.315 e. The molecule has 2 rings (SSSR count). The number of rotatable bonds is 4. The SMILES string of the molecule is CNC(Cc1cccc(F)c1Br)C1CCCCS1(=O)=O. The topological polar surface area (TPSA) is 46.2 Å². The Morgan fingerprint density at radius 1 is 1.45 bits per heavy atom. The Hall–Kier alpha value is -0.460. The smallest absolute Gasteiger partial charge is 0.154 e. The summed E-state index contributed by atoms with van der Waals surface area (Å²) < 4.78 is 38.4. The lowest BCUT2D eigenvalue weighted by Gasteiger charge is -2.30. The molecule has 6 heteroatoms. The number of sulfone groups is 1. The minimum atomic E-state index is -3.05. The molecule has 0 spiro atoms. The van der Waals surface area contributed by atoms with E-state index in [4.69, 9.17) is 0 Å². The molecular weight excluding hydrogens is 345 g/mol. The molecule has 2 atom stereocenters. The fourth-order valence-corrected chi connectivity index (χ4v) is 5.39. The maximum Gasteiger partial charge on any atom is 0.154 e. The molecule has 0 saturated carbocycles. The molecule has 1 N–H and O–H groups in total. The molecule has 0 aromatic heterocycles. The van der Waals surface area contributed by atoms with Crippen LogP contribution in [-0.4, -0.2) is 32.5 Å². The van der Waals surface area contributed by atoms with E-state index in [1.165, 1.54) is 6.07 Å². The highest BCUT2D eigenvalue weighted by atomic mass is 79.9. The van der Waals surface area contributed by atoms with Gasteiger partial charge in [0.1, 0.15) is 5.82 Å². The van der Waals surface area contributed by atoms with Crippen molar-refractivity contribution in [1.82, 2.24) is 5.32 Å². The molecule has 3 nitrogen and oxygen atoms in total. The summed E-state index contributed by atoms with van der Waals surface area (Å²) in [6, 6.07) is 4.68. The molecule has 1 aromatic rings. The lowest BCUT2D eigenvalue weighted by molar-refractivity contribution is 0.455. The van der Waals surface area contributed by atoms with Crippen LogP contribution in [0.2, 0.25) is 0 Å². The van der Waals surface area contributed by atoms with Gasteiger partial charge in [-0.1, -0.05) is 18.6 Å². The first kappa shape index (κ1) is 15.9. The second kappa shape index (κ2) is 6.54. The standard InChI is InChI=1S/C14H19BrFNO2S/c1-17-12(13-7-2-3-8-20(13,18)19)9-10-5-4-6-11(16)14(10)15/h4-6,12-13,17H,2-3,7-9H2,1H3. The van der Waals surface area contributed by atoms with Crippen molar-refractivity contribution in [3.05, 3.63) is 34.1 Å². The molecule has 112 valence electrons. The second-order valence-electron chi connectivity index (χ2n) is 5.21. The van der Waals surface area contributed by atoms with Gasteiger partial charge in [-0.25, -0.2) is 12.8 Å². The van der Waals surface area contributed by atoms with Gasteiger partial charge in [0.25, 0.3) is 0 Å². The van der Waals surface area contributed by atoms with Crippen molar-refractivity contribution in [2.24, 2.45) is 0 Å². The first-order chi connectivity index (χ1) is 9.45. The van der Waals surface area contributed by atoms with Crippen molar-refractivity contribution in [3.8, 4) is 0 Å². The van der Waals surface area contributed by atoms with Crippen LogP contribution in [0.3, 0.4) is 0 Å². The molecule has 0 radical (unpaired) electrons. The van der Waals surface area contributed by atoms with Gasteiger partial charge < -0.3 is 5.32 Å². The summed E-state index contributed by atoms with van der Waals surface area (Å²) in [6.45, 7) is 0. The average Bonchev–Trinajstić information content (AvgIpc) is 2.41. The van der Waals surface area contributed by atoms with Gasteiger partial charge >= 0.3 is 0 Å². The van der Waals surface area contributed by atoms with Crippen LogP contribution in [0.15, 0.2) is 22.7 Å². The molecule has 1 heterocycles. The number of nitrogens with one attached hydrogen (secondary N) is 1.